The molecule has 1 fully saturated rings. The van der Waals surface area contributed by atoms with Crippen LogP contribution in [-0.4, -0.2) is 25.5 Å². The topological polar surface area (TPSA) is 64.7 Å². The van der Waals surface area contributed by atoms with Crippen molar-refractivity contribution in [2.75, 3.05) is 5.32 Å². The van der Waals surface area contributed by atoms with Crippen LogP contribution >= 0.6 is 0 Å². The Kier molecular flexibility index (Phi) is 5.36. The molecule has 2 heterocycles. The highest BCUT2D eigenvalue weighted by Crippen LogP contribution is 2.42. The molecule has 0 radical (unpaired) electrons. The van der Waals surface area contributed by atoms with Crippen molar-refractivity contribution in [1.29, 1.82) is 0 Å². The van der Waals surface area contributed by atoms with Crippen molar-refractivity contribution in [3.63, 3.8) is 0 Å². The Bertz CT molecular complexity index is 1020. The molecule has 0 spiro atoms. The number of nitrogens with zero attached hydrogens (tertiary/aromatic N) is 4. The molecule has 1 aromatic carbocycles. The summed E-state index contributed by atoms with van der Waals surface area (Å²) in [6.45, 7) is 2.36. The largest absolute Gasteiger partial charge is 0.435 e. The molecule has 6 nitrogen and oxygen atoms in total. The van der Waals surface area contributed by atoms with Gasteiger partial charge in [0.2, 0.25) is 5.91 Å². The van der Waals surface area contributed by atoms with E-state index >= 15 is 0 Å². The molecular formula is C21H22F3N5O. The molecule has 0 bridgehead atoms. The zero-order chi connectivity index (χ0) is 21.3. The van der Waals surface area contributed by atoms with E-state index in [4.69, 9.17) is 0 Å². The molecule has 30 heavy (non-hydrogen) atoms. The number of nitrogens with one attached hydrogen (secondary N) is 1. The van der Waals surface area contributed by atoms with Crippen LogP contribution in [0, 0.1) is 5.92 Å². The van der Waals surface area contributed by atoms with Crippen molar-refractivity contribution in [3.8, 4) is 0 Å². The summed E-state index contributed by atoms with van der Waals surface area (Å²) in [5.41, 5.74) is 1.27. The summed E-state index contributed by atoms with van der Waals surface area (Å²) in [5.74, 6) is -0.710. The van der Waals surface area contributed by atoms with E-state index in [1.54, 1.807) is 23.9 Å². The summed E-state index contributed by atoms with van der Waals surface area (Å²) < 4.78 is 42.3. The minimum absolute atomic E-state index is 0.0979. The highest BCUT2D eigenvalue weighted by molar-refractivity contribution is 5.92. The maximum atomic E-state index is 13.1. The third kappa shape index (κ3) is 4.72. The van der Waals surface area contributed by atoms with Crippen molar-refractivity contribution >= 4 is 11.6 Å². The summed E-state index contributed by atoms with van der Waals surface area (Å²) in [5, 5.41) is 10.7. The van der Waals surface area contributed by atoms with E-state index in [0.717, 1.165) is 24.5 Å². The molecule has 1 N–H and O–H groups in total. The van der Waals surface area contributed by atoms with Gasteiger partial charge in [0.25, 0.3) is 0 Å². The van der Waals surface area contributed by atoms with E-state index < -0.39 is 17.8 Å². The first-order chi connectivity index (χ1) is 14.3. The summed E-state index contributed by atoms with van der Waals surface area (Å²) >= 11 is 0. The Labute approximate surface area is 171 Å². The SMILES string of the molecule is CC(Cn1nc(C(F)(F)F)cc1C1CC1)C(=O)Nc1cccc(Cn2cccn2)c1. The fourth-order valence-corrected chi connectivity index (χ4v) is 3.36. The van der Waals surface area contributed by atoms with Gasteiger partial charge in [-0.15, -0.1) is 0 Å². The zero-order valence-corrected chi connectivity index (χ0v) is 16.4. The molecule has 1 unspecified atom stereocenters. The number of halogens is 3. The van der Waals surface area contributed by atoms with E-state index in [0.29, 0.717) is 17.9 Å². The molecule has 1 aliphatic carbocycles. The summed E-state index contributed by atoms with van der Waals surface area (Å²) in [6.07, 6.45) is 0.765. The smallest absolute Gasteiger partial charge is 0.326 e. The second kappa shape index (κ2) is 7.97. The number of aromatic nitrogens is 4. The van der Waals surface area contributed by atoms with Crippen molar-refractivity contribution in [3.05, 3.63) is 65.7 Å². The lowest BCUT2D eigenvalue weighted by Crippen LogP contribution is -2.25. The molecule has 1 atom stereocenters. The average molecular weight is 417 g/mol. The van der Waals surface area contributed by atoms with Crippen LogP contribution in [0.2, 0.25) is 0 Å². The standard InChI is InChI=1S/C21H22F3N5O/c1-14(12-29-18(16-6-7-16)11-19(27-29)21(22,23)24)20(30)26-17-5-2-4-15(10-17)13-28-9-3-8-25-28/h2-5,8-11,14,16H,6-7,12-13H2,1H3,(H,26,30). The number of benzene rings is 1. The Hall–Kier alpha value is -3.10. The van der Waals surface area contributed by atoms with E-state index in [-0.39, 0.29) is 18.4 Å². The Morgan fingerprint density at radius 2 is 2.07 bits per heavy atom. The molecule has 1 saturated carbocycles. The third-order valence-electron chi connectivity index (χ3n) is 5.09. The van der Waals surface area contributed by atoms with E-state index in [1.807, 2.05) is 30.5 Å². The maximum Gasteiger partial charge on any atom is 0.435 e. The average Bonchev–Trinajstić information content (AvgIpc) is 3.22. The fourth-order valence-electron chi connectivity index (χ4n) is 3.36. The molecule has 0 aliphatic heterocycles. The van der Waals surface area contributed by atoms with Gasteiger partial charge in [0.15, 0.2) is 5.69 Å². The van der Waals surface area contributed by atoms with Gasteiger partial charge in [-0.1, -0.05) is 19.1 Å². The van der Waals surface area contributed by atoms with Crippen LogP contribution in [0.15, 0.2) is 48.8 Å². The quantitative estimate of drug-likeness (QED) is 0.624. The van der Waals surface area contributed by atoms with Crippen LogP contribution in [0.25, 0.3) is 0 Å². The number of alkyl halides is 3. The van der Waals surface area contributed by atoms with Crippen LogP contribution in [-0.2, 0) is 24.1 Å². The number of carbonyl (C=O) groups is 1. The highest BCUT2D eigenvalue weighted by atomic mass is 19.4. The van der Waals surface area contributed by atoms with Crippen molar-refractivity contribution in [1.82, 2.24) is 19.6 Å². The van der Waals surface area contributed by atoms with Gasteiger partial charge in [0.05, 0.1) is 19.0 Å². The molecule has 2 aromatic heterocycles. The molecule has 0 saturated heterocycles. The number of rotatable bonds is 7. The number of hydrogen-bond donors (Lipinski definition) is 1. The first-order valence-electron chi connectivity index (χ1n) is 9.82. The number of carbonyl (C=O) groups excluding carboxylic acids is 1. The number of hydrogen-bond acceptors (Lipinski definition) is 3. The Balaban J connectivity index is 1.43. The Morgan fingerprint density at radius 1 is 1.27 bits per heavy atom. The van der Waals surface area contributed by atoms with Crippen molar-refractivity contribution in [2.24, 2.45) is 5.92 Å². The van der Waals surface area contributed by atoms with Crippen LogP contribution < -0.4 is 5.32 Å². The van der Waals surface area contributed by atoms with Crippen LogP contribution in [0.3, 0.4) is 0 Å². The van der Waals surface area contributed by atoms with Gasteiger partial charge in [-0.3, -0.25) is 14.2 Å². The normalized spacial score (nSPS) is 15.2. The van der Waals surface area contributed by atoms with Gasteiger partial charge < -0.3 is 5.32 Å². The molecule has 1 amide bonds. The van der Waals surface area contributed by atoms with E-state index in [1.165, 1.54) is 4.68 Å². The van der Waals surface area contributed by atoms with Crippen LogP contribution in [0.4, 0.5) is 18.9 Å². The lowest BCUT2D eigenvalue weighted by molar-refractivity contribution is -0.141. The highest BCUT2D eigenvalue weighted by Gasteiger charge is 2.38. The first-order valence-corrected chi connectivity index (χ1v) is 9.82. The summed E-state index contributed by atoms with van der Waals surface area (Å²) in [6, 6.07) is 10.4. The minimum Gasteiger partial charge on any atom is -0.326 e. The monoisotopic (exact) mass is 417 g/mol. The first kappa shape index (κ1) is 20.2. The fraction of sp³-hybridized carbons (Fsp3) is 0.381. The molecule has 158 valence electrons. The number of anilines is 1. The second-order valence-electron chi connectivity index (χ2n) is 7.70. The molecule has 9 heteroatoms. The number of amides is 1. The predicted octanol–water partition coefficient (Wildman–Crippen LogP) is 4.30. The molecular weight excluding hydrogens is 395 g/mol. The van der Waals surface area contributed by atoms with Crippen molar-refractivity contribution < 1.29 is 18.0 Å². The molecule has 3 aromatic rings. The Morgan fingerprint density at radius 3 is 2.73 bits per heavy atom. The van der Waals surface area contributed by atoms with Crippen molar-refractivity contribution in [2.45, 2.75) is 44.9 Å². The van der Waals surface area contributed by atoms with Gasteiger partial charge in [0, 0.05) is 29.7 Å². The van der Waals surface area contributed by atoms with E-state index in [9.17, 15) is 18.0 Å². The minimum atomic E-state index is -4.49. The van der Waals surface area contributed by atoms with Gasteiger partial charge in [0.1, 0.15) is 0 Å². The lowest BCUT2D eigenvalue weighted by atomic mass is 10.1. The summed E-state index contributed by atoms with van der Waals surface area (Å²) in [7, 11) is 0. The second-order valence-corrected chi connectivity index (χ2v) is 7.70. The summed E-state index contributed by atoms with van der Waals surface area (Å²) in [4.78, 5) is 12.7. The molecule has 4 rings (SSSR count). The van der Waals surface area contributed by atoms with Gasteiger partial charge in [-0.2, -0.15) is 23.4 Å². The lowest BCUT2D eigenvalue weighted by Gasteiger charge is -2.15. The van der Waals surface area contributed by atoms with Gasteiger partial charge >= 0.3 is 6.18 Å². The van der Waals surface area contributed by atoms with Gasteiger partial charge in [-0.25, -0.2) is 0 Å². The van der Waals surface area contributed by atoms with Crippen LogP contribution in [0.1, 0.15) is 42.6 Å². The maximum absolute atomic E-state index is 13.1. The third-order valence-corrected chi connectivity index (χ3v) is 5.09. The zero-order valence-electron chi connectivity index (χ0n) is 16.4. The van der Waals surface area contributed by atoms with Crippen LogP contribution in [0.5, 0.6) is 0 Å². The van der Waals surface area contributed by atoms with E-state index in [2.05, 4.69) is 15.5 Å². The predicted molar refractivity (Wildman–Crippen MR) is 105 cm³/mol. The molecule has 1 aliphatic rings. The van der Waals surface area contributed by atoms with Gasteiger partial charge in [-0.05, 0) is 42.7 Å².